The number of ether oxygens (including phenoxy) is 1. The van der Waals surface area contributed by atoms with Crippen molar-refractivity contribution in [2.24, 2.45) is 0 Å². The van der Waals surface area contributed by atoms with Gasteiger partial charge in [0.25, 0.3) is 0 Å². The molecule has 1 aromatic carbocycles. The molecule has 0 aliphatic heterocycles. The van der Waals surface area contributed by atoms with Gasteiger partial charge in [-0.25, -0.2) is 0 Å². The van der Waals surface area contributed by atoms with Gasteiger partial charge in [-0.1, -0.05) is 31.5 Å². The fourth-order valence-corrected chi connectivity index (χ4v) is 1.79. The highest BCUT2D eigenvalue weighted by atomic mass is 35.5. The van der Waals surface area contributed by atoms with E-state index in [-0.39, 0.29) is 0 Å². The van der Waals surface area contributed by atoms with E-state index < -0.39 is 0 Å². The summed E-state index contributed by atoms with van der Waals surface area (Å²) >= 11 is 6.18. The zero-order valence-corrected chi connectivity index (χ0v) is 11.2. The van der Waals surface area contributed by atoms with E-state index in [0.717, 1.165) is 5.69 Å². The predicted molar refractivity (Wildman–Crippen MR) is 71.9 cm³/mol. The van der Waals surface area contributed by atoms with Gasteiger partial charge in [0, 0.05) is 12.4 Å². The molecule has 2 aromatic rings. The van der Waals surface area contributed by atoms with Crippen molar-refractivity contribution in [2.45, 2.75) is 26.4 Å². The fourth-order valence-electron chi connectivity index (χ4n) is 1.55. The van der Waals surface area contributed by atoms with Crippen LogP contribution >= 0.6 is 11.6 Å². The summed E-state index contributed by atoms with van der Waals surface area (Å²) in [6.45, 7) is 4.63. The van der Waals surface area contributed by atoms with E-state index >= 15 is 0 Å². The Morgan fingerprint density at radius 2 is 2.11 bits per heavy atom. The number of hydrogen-bond donors (Lipinski definition) is 0. The Kier molecular flexibility index (Phi) is 4.15. The van der Waals surface area contributed by atoms with Crippen molar-refractivity contribution >= 4 is 11.6 Å². The minimum absolute atomic E-state index is 0.370. The van der Waals surface area contributed by atoms with Crippen molar-refractivity contribution in [3.05, 3.63) is 53.1 Å². The van der Waals surface area contributed by atoms with Crippen molar-refractivity contribution < 1.29 is 4.74 Å². The smallest absolute Gasteiger partial charge is 0.138 e. The first-order valence-corrected chi connectivity index (χ1v) is 6.21. The molecule has 0 radical (unpaired) electrons. The van der Waals surface area contributed by atoms with E-state index in [1.807, 2.05) is 18.2 Å². The van der Waals surface area contributed by atoms with E-state index in [1.54, 1.807) is 18.6 Å². The van der Waals surface area contributed by atoms with Gasteiger partial charge in [0.05, 0.1) is 16.9 Å². The fraction of sp³-hybridized carbons (Fsp3) is 0.286. The molecule has 0 N–H and O–H groups in total. The van der Waals surface area contributed by atoms with Crippen molar-refractivity contribution in [3.8, 4) is 5.75 Å². The van der Waals surface area contributed by atoms with Gasteiger partial charge in [-0.05, 0) is 23.6 Å². The molecule has 1 heterocycles. The van der Waals surface area contributed by atoms with Gasteiger partial charge in [-0.2, -0.15) is 0 Å². The highest BCUT2D eigenvalue weighted by Crippen LogP contribution is 2.28. The van der Waals surface area contributed by atoms with Gasteiger partial charge in [-0.15, -0.1) is 0 Å². The second-order valence-electron chi connectivity index (χ2n) is 4.33. The Bertz CT molecular complexity index is 514. The first kappa shape index (κ1) is 12.8. The molecule has 2 rings (SSSR count). The third-order valence-electron chi connectivity index (χ3n) is 2.61. The first-order valence-electron chi connectivity index (χ1n) is 5.84. The van der Waals surface area contributed by atoms with Crippen molar-refractivity contribution in [3.63, 3.8) is 0 Å². The van der Waals surface area contributed by atoms with Crippen LogP contribution < -0.4 is 4.74 Å². The molecular formula is C14H15ClN2O. The molecule has 0 spiro atoms. The summed E-state index contributed by atoms with van der Waals surface area (Å²) in [6, 6.07) is 5.87. The number of rotatable bonds is 4. The van der Waals surface area contributed by atoms with Crippen LogP contribution in [0, 0.1) is 0 Å². The maximum atomic E-state index is 6.18. The number of nitrogens with zero attached hydrogens (tertiary/aromatic N) is 2. The van der Waals surface area contributed by atoms with Crippen LogP contribution in [0.3, 0.4) is 0 Å². The molecule has 4 heteroatoms. The lowest BCUT2D eigenvalue weighted by Crippen LogP contribution is -1.99. The maximum absolute atomic E-state index is 6.18. The van der Waals surface area contributed by atoms with Crippen molar-refractivity contribution in [1.82, 2.24) is 9.97 Å². The third kappa shape index (κ3) is 3.20. The molecule has 0 amide bonds. The van der Waals surface area contributed by atoms with Gasteiger partial charge < -0.3 is 4.74 Å². The predicted octanol–water partition coefficient (Wildman–Crippen LogP) is 3.83. The van der Waals surface area contributed by atoms with Crippen molar-refractivity contribution in [1.29, 1.82) is 0 Å². The van der Waals surface area contributed by atoms with E-state index in [2.05, 4.69) is 23.8 Å². The summed E-state index contributed by atoms with van der Waals surface area (Å²) in [4.78, 5) is 8.12. The molecule has 3 nitrogen and oxygen atoms in total. The molecule has 0 unspecified atom stereocenters. The SMILES string of the molecule is CC(C)c1ccc(OCc2cnccn2)c(Cl)c1. The van der Waals surface area contributed by atoms with Crippen molar-refractivity contribution in [2.75, 3.05) is 0 Å². The highest BCUT2D eigenvalue weighted by molar-refractivity contribution is 6.32. The van der Waals surface area contributed by atoms with E-state index in [0.29, 0.717) is 23.3 Å². The zero-order valence-electron chi connectivity index (χ0n) is 10.4. The maximum Gasteiger partial charge on any atom is 0.138 e. The highest BCUT2D eigenvalue weighted by Gasteiger charge is 2.06. The lowest BCUT2D eigenvalue weighted by atomic mass is 10.0. The summed E-state index contributed by atoms with van der Waals surface area (Å²) in [5.74, 6) is 1.13. The second-order valence-corrected chi connectivity index (χ2v) is 4.74. The largest absolute Gasteiger partial charge is 0.486 e. The van der Waals surface area contributed by atoms with Crippen LogP contribution in [0.1, 0.15) is 31.0 Å². The van der Waals surface area contributed by atoms with E-state index in [4.69, 9.17) is 16.3 Å². The van der Waals surface area contributed by atoms with Crippen LogP contribution in [0.25, 0.3) is 0 Å². The molecule has 0 aliphatic carbocycles. The van der Waals surface area contributed by atoms with Crippen LogP contribution in [0.2, 0.25) is 5.02 Å². The summed E-state index contributed by atoms with van der Waals surface area (Å²) in [5, 5.41) is 0.630. The zero-order chi connectivity index (χ0) is 13.0. The number of halogens is 1. The molecule has 0 aliphatic rings. The van der Waals surface area contributed by atoms with E-state index in [9.17, 15) is 0 Å². The lowest BCUT2D eigenvalue weighted by Gasteiger charge is -2.10. The average Bonchev–Trinajstić information content (AvgIpc) is 2.38. The molecule has 18 heavy (non-hydrogen) atoms. The number of aromatic nitrogens is 2. The summed E-state index contributed by atoms with van der Waals surface area (Å²) in [5.41, 5.74) is 1.98. The lowest BCUT2D eigenvalue weighted by molar-refractivity contribution is 0.301. The molecule has 0 atom stereocenters. The monoisotopic (exact) mass is 262 g/mol. The molecule has 0 bridgehead atoms. The van der Waals surface area contributed by atoms with Gasteiger partial charge in [0.1, 0.15) is 12.4 Å². The van der Waals surface area contributed by atoms with Gasteiger partial charge in [-0.3, -0.25) is 9.97 Å². The Hall–Kier alpha value is -1.61. The van der Waals surface area contributed by atoms with Crippen LogP contribution in [-0.4, -0.2) is 9.97 Å². The summed E-state index contributed by atoms with van der Waals surface area (Å²) in [7, 11) is 0. The summed E-state index contributed by atoms with van der Waals surface area (Å²) < 4.78 is 5.62. The molecular weight excluding hydrogens is 248 g/mol. The third-order valence-corrected chi connectivity index (χ3v) is 2.91. The Morgan fingerprint density at radius 3 is 2.72 bits per heavy atom. The topological polar surface area (TPSA) is 35.0 Å². The van der Waals surface area contributed by atoms with Crippen LogP contribution in [0.5, 0.6) is 5.75 Å². The second kappa shape index (κ2) is 5.83. The molecule has 0 saturated carbocycles. The van der Waals surface area contributed by atoms with Gasteiger partial charge in [0.15, 0.2) is 0 Å². The normalized spacial score (nSPS) is 10.7. The van der Waals surface area contributed by atoms with Gasteiger partial charge in [0.2, 0.25) is 0 Å². The summed E-state index contributed by atoms with van der Waals surface area (Å²) in [6.07, 6.45) is 4.95. The Labute approximate surface area is 112 Å². The first-order chi connectivity index (χ1) is 8.66. The van der Waals surface area contributed by atoms with Gasteiger partial charge >= 0.3 is 0 Å². The standard InChI is InChI=1S/C14H15ClN2O/c1-10(2)11-3-4-14(13(15)7-11)18-9-12-8-16-5-6-17-12/h3-8,10H,9H2,1-2H3. The Balaban J connectivity index is 2.06. The quantitative estimate of drug-likeness (QED) is 0.840. The number of benzene rings is 1. The van der Waals surface area contributed by atoms with Crippen LogP contribution in [-0.2, 0) is 6.61 Å². The number of hydrogen-bond acceptors (Lipinski definition) is 3. The van der Waals surface area contributed by atoms with Crippen LogP contribution in [0.15, 0.2) is 36.8 Å². The minimum Gasteiger partial charge on any atom is -0.486 e. The molecule has 0 fully saturated rings. The average molecular weight is 263 g/mol. The van der Waals surface area contributed by atoms with Crippen LogP contribution in [0.4, 0.5) is 0 Å². The molecule has 1 aromatic heterocycles. The molecule has 0 saturated heterocycles. The van der Waals surface area contributed by atoms with E-state index in [1.165, 1.54) is 5.56 Å². The minimum atomic E-state index is 0.370. The Morgan fingerprint density at radius 1 is 1.28 bits per heavy atom. The molecule has 94 valence electrons.